The summed E-state index contributed by atoms with van der Waals surface area (Å²) >= 11 is 3.30. The third-order valence-electron chi connectivity index (χ3n) is 4.51. The van der Waals surface area contributed by atoms with Gasteiger partial charge in [-0.15, -0.1) is 11.8 Å². The molecule has 0 bridgehead atoms. The smallest absolute Gasteiger partial charge is 0.261 e. The van der Waals surface area contributed by atoms with Gasteiger partial charge in [-0.1, -0.05) is 43.4 Å². The maximum Gasteiger partial charge on any atom is 0.261 e. The van der Waals surface area contributed by atoms with Crippen molar-refractivity contribution in [3.05, 3.63) is 53.6 Å². The van der Waals surface area contributed by atoms with Crippen molar-refractivity contribution >= 4 is 44.4 Å². The SMILES string of the molecule is CCSc1ccccc1C(=O)N(CCN(C)C)c1nc2ccc(CC)cc2s1. The minimum absolute atomic E-state index is 0.0215. The zero-order valence-electron chi connectivity index (χ0n) is 16.9. The van der Waals surface area contributed by atoms with Crippen molar-refractivity contribution in [2.45, 2.75) is 25.2 Å². The number of fused-ring (bicyclic) bond motifs is 1. The fourth-order valence-corrected chi connectivity index (χ4v) is 4.80. The van der Waals surface area contributed by atoms with Crippen molar-refractivity contribution in [3.63, 3.8) is 0 Å². The first-order valence-electron chi connectivity index (χ1n) is 9.61. The number of carbonyl (C=O) groups is 1. The molecule has 1 aromatic heterocycles. The molecule has 6 heteroatoms. The molecule has 0 spiro atoms. The molecule has 0 aliphatic carbocycles. The van der Waals surface area contributed by atoms with Gasteiger partial charge in [-0.25, -0.2) is 4.98 Å². The van der Waals surface area contributed by atoms with Crippen LogP contribution in [0.15, 0.2) is 47.4 Å². The van der Waals surface area contributed by atoms with Crippen LogP contribution in [0.2, 0.25) is 0 Å². The predicted molar refractivity (Wildman–Crippen MR) is 122 cm³/mol. The summed E-state index contributed by atoms with van der Waals surface area (Å²) in [4.78, 5) is 23.3. The standard InChI is InChI=1S/C22H27N3OS2/c1-5-16-11-12-18-20(15-16)28-22(23-18)25(14-13-24(3)4)21(26)17-9-7-8-10-19(17)27-6-2/h7-12,15H,5-6,13-14H2,1-4H3. The number of rotatable bonds is 8. The van der Waals surface area contributed by atoms with E-state index in [1.165, 1.54) is 5.56 Å². The van der Waals surface area contributed by atoms with E-state index >= 15 is 0 Å². The zero-order valence-corrected chi connectivity index (χ0v) is 18.6. The summed E-state index contributed by atoms with van der Waals surface area (Å²) in [6.07, 6.45) is 0.994. The second-order valence-electron chi connectivity index (χ2n) is 6.84. The summed E-state index contributed by atoms with van der Waals surface area (Å²) in [6, 6.07) is 14.2. The Balaban J connectivity index is 2.00. The summed E-state index contributed by atoms with van der Waals surface area (Å²) in [5.74, 6) is 0.955. The van der Waals surface area contributed by atoms with Gasteiger partial charge in [-0.05, 0) is 56.1 Å². The summed E-state index contributed by atoms with van der Waals surface area (Å²) in [7, 11) is 4.05. The summed E-state index contributed by atoms with van der Waals surface area (Å²) in [5.41, 5.74) is 3.00. The summed E-state index contributed by atoms with van der Waals surface area (Å²) < 4.78 is 1.13. The number of aryl methyl sites for hydroxylation is 1. The molecule has 0 saturated heterocycles. The van der Waals surface area contributed by atoms with Gasteiger partial charge in [-0.2, -0.15) is 0 Å². The second-order valence-corrected chi connectivity index (χ2v) is 9.16. The van der Waals surface area contributed by atoms with Gasteiger partial charge in [0.25, 0.3) is 5.91 Å². The summed E-state index contributed by atoms with van der Waals surface area (Å²) in [6.45, 7) is 5.65. The molecule has 0 saturated carbocycles. The monoisotopic (exact) mass is 413 g/mol. The van der Waals surface area contributed by atoms with E-state index in [-0.39, 0.29) is 5.91 Å². The van der Waals surface area contributed by atoms with Crippen LogP contribution < -0.4 is 4.90 Å². The van der Waals surface area contributed by atoms with Crippen molar-refractivity contribution in [2.24, 2.45) is 0 Å². The second kappa shape index (κ2) is 9.54. The van der Waals surface area contributed by atoms with Gasteiger partial charge in [0.1, 0.15) is 0 Å². The van der Waals surface area contributed by atoms with Crippen LogP contribution in [0.4, 0.5) is 5.13 Å². The lowest BCUT2D eigenvalue weighted by molar-refractivity contribution is 0.0982. The Kier molecular flexibility index (Phi) is 7.10. The first-order valence-corrected chi connectivity index (χ1v) is 11.4. The highest BCUT2D eigenvalue weighted by molar-refractivity contribution is 7.99. The molecule has 0 radical (unpaired) electrons. The first kappa shape index (κ1) is 20.8. The number of anilines is 1. The molecule has 3 rings (SSSR count). The number of benzene rings is 2. The number of likely N-dealkylation sites (N-methyl/N-ethyl adjacent to an activating group) is 1. The van der Waals surface area contributed by atoms with E-state index in [2.05, 4.69) is 36.9 Å². The lowest BCUT2D eigenvalue weighted by Gasteiger charge is -2.23. The highest BCUT2D eigenvalue weighted by Gasteiger charge is 2.23. The van der Waals surface area contributed by atoms with E-state index in [4.69, 9.17) is 4.98 Å². The average molecular weight is 414 g/mol. The molecule has 0 N–H and O–H groups in total. The fourth-order valence-electron chi connectivity index (χ4n) is 2.95. The fraction of sp³-hybridized carbons (Fsp3) is 0.364. The normalized spacial score (nSPS) is 11.3. The van der Waals surface area contributed by atoms with Crippen LogP contribution in [-0.4, -0.2) is 48.7 Å². The van der Waals surface area contributed by atoms with Gasteiger partial charge in [0, 0.05) is 18.0 Å². The molecule has 0 unspecified atom stereocenters. The van der Waals surface area contributed by atoms with Crippen LogP contribution >= 0.6 is 23.1 Å². The van der Waals surface area contributed by atoms with Crippen LogP contribution in [0.3, 0.4) is 0 Å². The van der Waals surface area contributed by atoms with Gasteiger partial charge >= 0.3 is 0 Å². The lowest BCUT2D eigenvalue weighted by atomic mass is 10.2. The number of thioether (sulfide) groups is 1. The maximum atomic E-state index is 13.5. The van der Waals surface area contributed by atoms with Crippen LogP contribution in [0.1, 0.15) is 29.8 Å². The molecule has 0 aliphatic rings. The minimum atomic E-state index is 0.0215. The van der Waals surface area contributed by atoms with Crippen LogP contribution in [0.25, 0.3) is 10.2 Å². The van der Waals surface area contributed by atoms with E-state index in [9.17, 15) is 4.79 Å². The zero-order chi connectivity index (χ0) is 20.1. The van der Waals surface area contributed by atoms with E-state index in [0.717, 1.165) is 44.5 Å². The number of thiazole rings is 1. The van der Waals surface area contributed by atoms with Gasteiger partial charge in [0.05, 0.1) is 15.8 Å². The molecule has 1 heterocycles. The minimum Gasteiger partial charge on any atom is -0.308 e. The maximum absolute atomic E-state index is 13.5. The van der Waals surface area contributed by atoms with Gasteiger partial charge in [-0.3, -0.25) is 9.69 Å². The number of aromatic nitrogens is 1. The van der Waals surface area contributed by atoms with E-state index < -0.39 is 0 Å². The van der Waals surface area contributed by atoms with Crippen LogP contribution in [-0.2, 0) is 6.42 Å². The highest BCUT2D eigenvalue weighted by Crippen LogP contribution is 2.32. The molecule has 148 valence electrons. The molecule has 3 aromatic rings. The third-order valence-corrected chi connectivity index (χ3v) is 6.51. The quantitative estimate of drug-likeness (QED) is 0.477. The Morgan fingerprint density at radius 3 is 2.61 bits per heavy atom. The molecular formula is C22H27N3OS2. The van der Waals surface area contributed by atoms with Gasteiger partial charge in [0.15, 0.2) is 5.13 Å². The molecule has 28 heavy (non-hydrogen) atoms. The number of hydrogen-bond donors (Lipinski definition) is 0. The van der Waals surface area contributed by atoms with Crippen molar-refractivity contribution < 1.29 is 4.79 Å². The Morgan fingerprint density at radius 2 is 1.89 bits per heavy atom. The Bertz CT molecular complexity index is 952. The van der Waals surface area contributed by atoms with E-state index in [1.807, 2.05) is 43.3 Å². The topological polar surface area (TPSA) is 36.4 Å². The summed E-state index contributed by atoms with van der Waals surface area (Å²) in [5, 5.41) is 0.770. The van der Waals surface area contributed by atoms with Crippen LogP contribution in [0, 0.1) is 0 Å². The van der Waals surface area contributed by atoms with Crippen LogP contribution in [0.5, 0.6) is 0 Å². The molecule has 0 atom stereocenters. The molecule has 0 fully saturated rings. The number of carbonyl (C=O) groups excluding carboxylic acids is 1. The Morgan fingerprint density at radius 1 is 1.11 bits per heavy atom. The highest BCUT2D eigenvalue weighted by atomic mass is 32.2. The van der Waals surface area contributed by atoms with E-state index in [0.29, 0.717) is 6.54 Å². The third kappa shape index (κ3) is 4.74. The number of nitrogens with zero attached hydrogens (tertiary/aromatic N) is 3. The molecular weight excluding hydrogens is 386 g/mol. The Hall–Kier alpha value is -1.89. The van der Waals surface area contributed by atoms with Gasteiger partial charge in [0.2, 0.25) is 0 Å². The van der Waals surface area contributed by atoms with Crippen molar-refractivity contribution in [1.29, 1.82) is 0 Å². The lowest BCUT2D eigenvalue weighted by Crippen LogP contribution is -2.37. The number of amides is 1. The predicted octanol–water partition coefficient (Wildman–Crippen LogP) is 5.18. The molecule has 4 nitrogen and oxygen atoms in total. The molecule has 0 aliphatic heterocycles. The van der Waals surface area contributed by atoms with Crippen molar-refractivity contribution in [1.82, 2.24) is 9.88 Å². The first-order chi connectivity index (χ1) is 13.5. The Labute approximate surface area is 175 Å². The average Bonchev–Trinajstić information content (AvgIpc) is 3.11. The largest absolute Gasteiger partial charge is 0.308 e. The van der Waals surface area contributed by atoms with Crippen molar-refractivity contribution in [3.8, 4) is 0 Å². The molecule has 2 aromatic carbocycles. The van der Waals surface area contributed by atoms with Gasteiger partial charge < -0.3 is 4.90 Å². The number of hydrogen-bond acceptors (Lipinski definition) is 5. The van der Waals surface area contributed by atoms with Crippen molar-refractivity contribution in [2.75, 3.05) is 37.8 Å². The molecule has 1 amide bonds. The van der Waals surface area contributed by atoms with E-state index in [1.54, 1.807) is 23.1 Å².